The van der Waals surface area contributed by atoms with Crippen LogP contribution in [0.25, 0.3) is 11.0 Å². The molecule has 0 radical (unpaired) electrons. The third kappa shape index (κ3) is 6.49. The van der Waals surface area contributed by atoms with E-state index in [1.54, 1.807) is 35.8 Å². The Morgan fingerprint density at radius 2 is 1.59 bits per heavy atom. The van der Waals surface area contributed by atoms with Gasteiger partial charge in [0.05, 0.1) is 17.0 Å². The summed E-state index contributed by atoms with van der Waals surface area (Å²) in [6.07, 6.45) is -5.08. The SMILES string of the molecule is Cc1cc(C(C)Nc2ccccc2C(=O)NO)c2oc(N3Cc4ccccc4C3)cc(=O)c2c1.O=C(O)C(F)(F)F. The van der Waals surface area contributed by atoms with E-state index in [-0.39, 0.29) is 11.5 Å². The van der Waals surface area contributed by atoms with Gasteiger partial charge in [0, 0.05) is 30.4 Å². The molecule has 1 amide bonds. The number of alkyl halides is 3. The Kier molecular flexibility index (Phi) is 8.33. The van der Waals surface area contributed by atoms with Crippen LogP contribution in [0.2, 0.25) is 0 Å². The molecular formula is C29H26F3N3O6. The molecule has 0 aliphatic carbocycles. The van der Waals surface area contributed by atoms with Crippen molar-refractivity contribution in [2.45, 2.75) is 39.2 Å². The van der Waals surface area contributed by atoms with Gasteiger partial charge in [0.25, 0.3) is 5.91 Å². The predicted octanol–water partition coefficient (Wildman–Crippen LogP) is 5.55. The first kappa shape index (κ1) is 29.2. The van der Waals surface area contributed by atoms with Crippen LogP contribution in [-0.4, -0.2) is 28.4 Å². The number of rotatable bonds is 5. The second kappa shape index (κ2) is 11.7. The normalized spacial score (nSPS) is 13.2. The summed E-state index contributed by atoms with van der Waals surface area (Å²) in [4.78, 5) is 36.2. The van der Waals surface area contributed by atoms with E-state index in [1.165, 1.54) is 11.1 Å². The highest BCUT2D eigenvalue weighted by Gasteiger charge is 2.38. The molecule has 2 heterocycles. The number of hydroxylamine groups is 1. The number of benzene rings is 3. The summed E-state index contributed by atoms with van der Waals surface area (Å²) in [5.41, 5.74) is 7.18. The van der Waals surface area contributed by atoms with Crippen molar-refractivity contribution in [2.75, 3.05) is 10.2 Å². The highest BCUT2D eigenvalue weighted by molar-refractivity contribution is 5.99. The topological polar surface area (TPSA) is 132 Å². The van der Waals surface area contributed by atoms with Crippen LogP contribution in [0.3, 0.4) is 0 Å². The molecule has 0 bridgehead atoms. The van der Waals surface area contributed by atoms with E-state index in [2.05, 4.69) is 22.3 Å². The fraction of sp³-hybridized carbons (Fsp3) is 0.207. The monoisotopic (exact) mass is 569 g/mol. The number of amides is 1. The lowest BCUT2D eigenvalue weighted by Gasteiger charge is -2.21. The fourth-order valence-corrected chi connectivity index (χ4v) is 4.57. The lowest BCUT2D eigenvalue weighted by atomic mass is 10.0. The second-order valence-electron chi connectivity index (χ2n) is 9.46. The maximum absolute atomic E-state index is 13.1. The first-order valence-electron chi connectivity index (χ1n) is 12.4. The number of halogens is 3. The first-order valence-corrected chi connectivity index (χ1v) is 12.4. The Labute approximate surface area is 231 Å². The minimum Gasteiger partial charge on any atom is -0.475 e. The Balaban J connectivity index is 0.000000493. The summed E-state index contributed by atoms with van der Waals surface area (Å²) in [5.74, 6) is -2.83. The molecule has 0 saturated heterocycles. The van der Waals surface area contributed by atoms with Crippen LogP contribution in [0.4, 0.5) is 24.7 Å². The Morgan fingerprint density at radius 3 is 2.17 bits per heavy atom. The molecule has 1 atom stereocenters. The summed E-state index contributed by atoms with van der Waals surface area (Å²) < 4.78 is 38.1. The van der Waals surface area contributed by atoms with Crippen LogP contribution >= 0.6 is 0 Å². The number of carbonyl (C=O) groups is 2. The van der Waals surface area contributed by atoms with Crippen LogP contribution in [0.1, 0.15) is 45.6 Å². The lowest BCUT2D eigenvalue weighted by molar-refractivity contribution is -0.192. The number of carbonyl (C=O) groups excluding carboxylic acids is 1. The van der Waals surface area contributed by atoms with E-state index in [4.69, 9.17) is 19.5 Å². The van der Waals surface area contributed by atoms with Gasteiger partial charge in [-0.25, -0.2) is 10.3 Å². The smallest absolute Gasteiger partial charge is 0.475 e. The van der Waals surface area contributed by atoms with Gasteiger partial charge in [0.1, 0.15) is 5.58 Å². The Morgan fingerprint density at radius 1 is 1.00 bits per heavy atom. The maximum Gasteiger partial charge on any atom is 0.490 e. The largest absolute Gasteiger partial charge is 0.490 e. The van der Waals surface area contributed by atoms with Crippen molar-refractivity contribution in [1.82, 2.24) is 5.48 Å². The Bertz CT molecular complexity index is 1640. The first-order chi connectivity index (χ1) is 19.4. The maximum atomic E-state index is 13.1. The number of anilines is 2. The number of aryl methyl sites for hydroxylation is 1. The number of nitrogens with zero attached hydrogens (tertiary/aromatic N) is 1. The van der Waals surface area contributed by atoms with Crippen LogP contribution in [0, 0.1) is 6.92 Å². The average molecular weight is 570 g/mol. The van der Waals surface area contributed by atoms with E-state index in [0.717, 1.165) is 11.1 Å². The summed E-state index contributed by atoms with van der Waals surface area (Å²) in [6, 6.07) is 20.2. The molecule has 1 aliphatic rings. The van der Waals surface area contributed by atoms with Crippen molar-refractivity contribution in [3.05, 3.63) is 105 Å². The summed E-state index contributed by atoms with van der Waals surface area (Å²) in [7, 11) is 0. The molecule has 0 saturated carbocycles. The van der Waals surface area contributed by atoms with Crippen LogP contribution in [0.15, 0.2) is 75.9 Å². The van der Waals surface area contributed by atoms with E-state index in [1.807, 2.05) is 38.1 Å². The Hall–Kier alpha value is -4.84. The minimum absolute atomic E-state index is 0.0931. The number of carboxylic acids is 1. The third-order valence-corrected chi connectivity index (χ3v) is 6.50. The zero-order chi connectivity index (χ0) is 29.9. The zero-order valence-corrected chi connectivity index (χ0v) is 22.0. The van der Waals surface area contributed by atoms with Gasteiger partial charge < -0.3 is 19.7 Å². The quantitative estimate of drug-likeness (QED) is 0.182. The standard InChI is InChI=1S/C27H25N3O4.C2HF3O2/c1-16-11-21(17(2)28-23-10-6-5-9-20(23)27(32)29-33)26-22(12-16)24(31)13-25(34-26)30-14-18-7-3-4-8-19(18)15-30;3-2(4,5)1(6)7/h3-13,17,28,33H,14-15H2,1-2H3,(H,29,32);(H,6,7). The summed E-state index contributed by atoms with van der Waals surface area (Å²) >= 11 is 0. The molecule has 0 fully saturated rings. The van der Waals surface area contributed by atoms with Crippen molar-refractivity contribution in [3.63, 3.8) is 0 Å². The zero-order valence-electron chi connectivity index (χ0n) is 22.0. The molecule has 4 aromatic rings. The molecule has 12 heteroatoms. The van der Waals surface area contributed by atoms with E-state index >= 15 is 0 Å². The number of fused-ring (bicyclic) bond motifs is 2. The molecule has 214 valence electrons. The van der Waals surface area contributed by atoms with Crippen molar-refractivity contribution in [3.8, 4) is 0 Å². The van der Waals surface area contributed by atoms with Gasteiger partial charge in [-0.05, 0) is 48.7 Å². The summed E-state index contributed by atoms with van der Waals surface area (Å²) in [6.45, 7) is 5.25. The second-order valence-corrected chi connectivity index (χ2v) is 9.46. The number of aliphatic carboxylic acids is 1. The van der Waals surface area contributed by atoms with Crippen LogP contribution < -0.4 is 21.1 Å². The number of carboxylic acid groups (broad SMARTS) is 1. The predicted molar refractivity (Wildman–Crippen MR) is 145 cm³/mol. The highest BCUT2D eigenvalue weighted by Crippen LogP contribution is 2.33. The molecule has 4 N–H and O–H groups in total. The lowest BCUT2D eigenvalue weighted by Crippen LogP contribution is -2.21. The van der Waals surface area contributed by atoms with Crippen molar-refractivity contribution >= 4 is 34.4 Å². The summed E-state index contributed by atoms with van der Waals surface area (Å²) in [5, 5.41) is 20.1. The number of nitrogens with one attached hydrogen (secondary N) is 2. The minimum atomic E-state index is -5.08. The van der Waals surface area contributed by atoms with Crippen LogP contribution in [0.5, 0.6) is 0 Å². The van der Waals surface area contributed by atoms with E-state index in [0.29, 0.717) is 41.2 Å². The molecule has 1 aromatic heterocycles. The molecule has 41 heavy (non-hydrogen) atoms. The van der Waals surface area contributed by atoms with Gasteiger partial charge in [0.15, 0.2) is 5.43 Å². The molecule has 1 unspecified atom stereocenters. The van der Waals surface area contributed by atoms with E-state index in [9.17, 15) is 22.8 Å². The highest BCUT2D eigenvalue weighted by atomic mass is 19.4. The van der Waals surface area contributed by atoms with E-state index < -0.39 is 18.1 Å². The van der Waals surface area contributed by atoms with Gasteiger partial charge in [-0.1, -0.05) is 42.5 Å². The average Bonchev–Trinajstić information content (AvgIpc) is 3.37. The van der Waals surface area contributed by atoms with Crippen molar-refractivity contribution in [1.29, 1.82) is 0 Å². The van der Waals surface area contributed by atoms with Crippen molar-refractivity contribution < 1.29 is 37.5 Å². The molecule has 1 aliphatic heterocycles. The van der Waals surface area contributed by atoms with Gasteiger partial charge in [-0.3, -0.25) is 14.8 Å². The molecule has 0 spiro atoms. The molecule has 5 rings (SSSR count). The molecule has 9 nitrogen and oxygen atoms in total. The van der Waals surface area contributed by atoms with Crippen LogP contribution in [-0.2, 0) is 17.9 Å². The van der Waals surface area contributed by atoms with Gasteiger partial charge >= 0.3 is 12.1 Å². The fourth-order valence-electron chi connectivity index (χ4n) is 4.57. The molecule has 3 aromatic carbocycles. The van der Waals surface area contributed by atoms with Gasteiger partial charge in [-0.2, -0.15) is 13.2 Å². The van der Waals surface area contributed by atoms with Gasteiger partial charge in [-0.15, -0.1) is 0 Å². The van der Waals surface area contributed by atoms with Crippen molar-refractivity contribution in [2.24, 2.45) is 0 Å². The number of hydrogen-bond acceptors (Lipinski definition) is 7. The number of hydrogen-bond donors (Lipinski definition) is 4. The third-order valence-electron chi connectivity index (χ3n) is 6.50. The molecular weight excluding hydrogens is 543 g/mol. The van der Waals surface area contributed by atoms with Gasteiger partial charge in [0.2, 0.25) is 5.88 Å². The number of para-hydroxylation sites is 1.